The van der Waals surface area contributed by atoms with Crippen molar-refractivity contribution in [3.05, 3.63) is 0 Å². The van der Waals surface area contributed by atoms with Crippen LogP contribution >= 0.6 is 0 Å². The second kappa shape index (κ2) is 6.12. The molecule has 94 valence electrons. The quantitative estimate of drug-likeness (QED) is 0.456. The Labute approximate surface area is 100 Å². The van der Waals surface area contributed by atoms with Gasteiger partial charge in [-0.1, -0.05) is 20.8 Å². The van der Waals surface area contributed by atoms with E-state index in [1.807, 2.05) is 0 Å². The topological polar surface area (TPSA) is 41.6 Å². The molecule has 0 aromatic rings. The van der Waals surface area contributed by atoms with Crippen molar-refractivity contribution in [1.82, 2.24) is 4.90 Å². The molecule has 1 rings (SSSR count). The molecule has 0 aliphatic carbocycles. The Hall–Kier alpha value is -0.730. The minimum Gasteiger partial charge on any atom is -0.370 e. The first-order chi connectivity index (χ1) is 7.49. The molecule has 1 heterocycles. The van der Waals surface area contributed by atoms with Gasteiger partial charge in [0.1, 0.15) is 0 Å². The summed E-state index contributed by atoms with van der Waals surface area (Å²) in [5, 5.41) is 0. The maximum atomic E-state index is 5.97. The van der Waals surface area contributed by atoms with Crippen molar-refractivity contribution >= 4 is 5.96 Å². The molecular formula is C13H27N3. The third kappa shape index (κ3) is 5.38. The molecular weight excluding hydrogens is 198 g/mol. The zero-order valence-corrected chi connectivity index (χ0v) is 11.1. The van der Waals surface area contributed by atoms with E-state index in [1.54, 1.807) is 0 Å². The summed E-state index contributed by atoms with van der Waals surface area (Å²) in [6.07, 6.45) is 6.21. The highest BCUT2D eigenvalue weighted by Crippen LogP contribution is 2.20. The first kappa shape index (κ1) is 13.3. The van der Waals surface area contributed by atoms with Gasteiger partial charge < -0.3 is 10.6 Å². The zero-order chi connectivity index (χ0) is 12.0. The molecule has 3 heteroatoms. The monoisotopic (exact) mass is 225 g/mol. The average Bonchev–Trinajstić information content (AvgIpc) is 2.24. The molecule has 0 bridgehead atoms. The van der Waals surface area contributed by atoms with Crippen LogP contribution in [0.5, 0.6) is 0 Å². The molecule has 0 saturated carbocycles. The molecule has 0 unspecified atom stereocenters. The van der Waals surface area contributed by atoms with Crippen molar-refractivity contribution < 1.29 is 0 Å². The van der Waals surface area contributed by atoms with Crippen molar-refractivity contribution in [2.75, 3.05) is 19.6 Å². The van der Waals surface area contributed by atoms with Crippen LogP contribution in [0.2, 0.25) is 0 Å². The fourth-order valence-electron chi connectivity index (χ4n) is 2.03. The molecule has 0 aromatic carbocycles. The van der Waals surface area contributed by atoms with Gasteiger partial charge in [0.05, 0.1) is 0 Å². The van der Waals surface area contributed by atoms with E-state index in [1.165, 1.54) is 25.7 Å². The Kier molecular flexibility index (Phi) is 5.10. The molecule has 0 atom stereocenters. The SMILES string of the molecule is CC(C)(C)CCCN=C(N)N1CCCCC1. The summed E-state index contributed by atoms with van der Waals surface area (Å²) >= 11 is 0. The lowest BCUT2D eigenvalue weighted by Crippen LogP contribution is -2.40. The number of nitrogens with two attached hydrogens (primary N) is 1. The van der Waals surface area contributed by atoms with Crippen LogP contribution < -0.4 is 5.73 Å². The number of piperidine rings is 1. The second-order valence-corrected chi connectivity index (χ2v) is 5.95. The van der Waals surface area contributed by atoms with E-state index in [0.717, 1.165) is 32.0 Å². The molecule has 16 heavy (non-hydrogen) atoms. The van der Waals surface area contributed by atoms with E-state index in [0.29, 0.717) is 5.41 Å². The van der Waals surface area contributed by atoms with Gasteiger partial charge in [-0.05, 0) is 37.5 Å². The number of rotatable bonds is 3. The smallest absolute Gasteiger partial charge is 0.191 e. The van der Waals surface area contributed by atoms with Gasteiger partial charge in [-0.3, -0.25) is 4.99 Å². The summed E-state index contributed by atoms with van der Waals surface area (Å²) in [7, 11) is 0. The maximum absolute atomic E-state index is 5.97. The van der Waals surface area contributed by atoms with Crippen molar-refractivity contribution in [2.24, 2.45) is 16.1 Å². The molecule has 1 saturated heterocycles. The summed E-state index contributed by atoms with van der Waals surface area (Å²) in [6, 6.07) is 0. The highest BCUT2D eigenvalue weighted by molar-refractivity contribution is 5.78. The highest BCUT2D eigenvalue weighted by atomic mass is 15.2. The van der Waals surface area contributed by atoms with Crippen LogP contribution in [-0.4, -0.2) is 30.5 Å². The molecule has 1 fully saturated rings. The standard InChI is InChI=1S/C13H27N3/c1-13(2,3)8-7-9-15-12(14)16-10-5-4-6-11-16/h4-11H2,1-3H3,(H2,14,15). The van der Waals surface area contributed by atoms with Gasteiger partial charge in [-0.15, -0.1) is 0 Å². The predicted molar refractivity (Wildman–Crippen MR) is 70.6 cm³/mol. The van der Waals surface area contributed by atoms with E-state index in [9.17, 15) is 0 Å². The Morgan fingerprint density at radius 3 is 2.38 bits per heavy atom. The van der Waals surface area contributed by atoms with Crippen LogP contribution in [0.4, 0.5) is 0 Å². The van der Waals surface area contributed by atoms with Gasteiger partial charge in [-0.25, -0.2) is 0 Å². The first-order valence-corrected chi connectivity index (χ1v) is 6.54. The van der Waals surface area contributed by atoms with E-state index in [4.69, 9.17) is 5.73 Å². The second-order valence-electron chi connectivity index (χ2n) is 5.95. The molecule has 0 amide bonds. The number of hydrogen-bond donors (Lipinski definition) is 1. The van der Waals surface area contributed by atoms with E-state index < -0.39 is 0 Å². The summed E-state index contributed by atoms with van der Waals surface area (Å²) in [6.45, 7) is 9.86. The third-order valence-corrected chi connectivity index (χ3v) is 3.04. The third-order valence-electron chi connectivity index (χ3n) is 3.04. The van der Waals surface area contributed by atoms with Gasteiger partial charge in [0.2, 0.25) is 0 Å². The van der Waals surface area contributed by atoms with Gasteiger partial charge in [0.25, 0.3) is 0 Å². The largest absolute Gasteiger partial charge is 0.370 e. The zero-order valence-electron chi connectivity index (χ0n) is 11.1. The highest BCUT2D eigenvalue weighted by Gasteiger charge is 2.12. The minimum absolute atomic E-state index is 0.412. The number of guanidine groups is 1. The average molecular weight is 225 g/mol. The van der Waals surface area contributed by atoms with Gasteiger partial charge in [-0.2, -0.15) is 0 Å². The van der Waals surface area contributed by atoms with Gasteiger partial charge in [0.15, 0.2) is 5.96 Å². The van der Waals surface area contributed by atoms with Gasteiger partial charge >= 0.3 is 0 Å². The normalized spacial score (nSPS) is 18.9. The molecule has 3 nitrogen and oxygen atoms in total. The fraction of sp³-hybridized carbons (Fsp3) is 0.923. The minimum atomic E-state index is 0.412. The molecule has 0 spiro atoms. The van der Waals surface area contributed by atoms with E-state index >= 15 is 0 Å². The van der Waals surface area contributed by atoms with Crippen LogP contribution in [0.15, 0.2) is 4.99 Å². The Balaban J connectivity index is 2.22. The van der Waals surface area contributed by atoms with Crippen LogP contribution in [0.25, 0.3) is 0 Å². The molecule has 0 aromatic heterocycles. The summed E-state index contributed by atoms with van der Waals surface area (Å²) in [5.74, 6) is 0.758. The van der Waals surface area contributed by atoms with E-state index in [2.05, 4.69) is 30.7 Å². The Bertz CT molecular complexity index is 222. The molecule has 0 radical (unpaired) electrons. The van der Waals surface area contributed by atoms with E-state index in [-0.39, 0.29) is 0 Å². The van der Waals surface area contributed by atoms with Crippen molar-refractivity contribution in [1.29, 1.82) is 0 Å². The molecule has 2 N–H and O–H groups in total. The summed E-state index contributed by atoms with van der Waals surface area (Å²) < 4.78 is 0. The van der Waals surface area contributed by atoms with Crippen LogP contribution in [0.1, 0.15) is 52.9 Å². The van der Waals surface area contributed by atoms with Crippen LogP contribution in [-0.2, 0) is 0 Å². The first-order valence-electron chi connectivity index (χ1n) is 6.54. The van der Waals surface area contributed by atoms with Crippen LogP contribution in [0, 0.1) is 5.41 Å². The Morgan fingerprint density at radius 2 is 1.81 bits per heavy atom. The lowest BCUT2D eigenvalue weighted by atomic mass is 9.91. The van der Waals surface area contributed by atoms with Crippen molar-refractivity contribution in [3.63, 3.8) is 0 Å². The number of nitrogens with zero attached hydrogens (tertiary/aromatic N) is 2. The number of likely N-dealkylation sites (tertiary alicyclic amines) is 1. The number of aliphatic imine (C=N–C) groups is 1. The van der Waals surface area contributed by atoms with Crippen molar-refractivity contribution in [2.45, 2.75) is 52.9 Å². The predicted octanol–water partition coefficient (Wildman–Crippen LogP) is 2.61. The van der Waals surface area contributed by atoms with Crippen LogP contribution in [0.3, 0.4) is 0 Å². The molecule has 1 aliphatic heterocycles. The number of hydrogen-bond acceptors (Lipinski definition) is 1. The summed E-state index contributed by atoms with van der Waals surface area (Å²) in [4.78, 5) is 6.69. The fourth-order valence-corrected chi connectivity index (χ4v) is 2.03. The molecule has 1 aliphatic rings. The van der Waals surface area contributed by atoms with Gasteiger partial charge in [0, 0.05) is 19.6 Å². The van der Waals surface area contributed by atoms with Crippen molar-refractivity contribution in [3.8, 4) is 0 Å². The lowest BCUT2D eigenvalue weighted by Gasteiger charge is -2.27. The summed E-state index contributed by atoms with van der Waals surface area (Å²) in [5.41, 5.74) is 6.39. The maximum Gasteiger partial charge on any atom is 0.191 e. The lowest BCUT2D eigenvalue weighted by molar-refractivity contribution is 0.336. The Morgan fingerprint density at radius 1 is 1.19 bits per heavy atom.